The number of aliphatic hydroxyl groups is 5. The maximum absolute atomic E-state index is 9.98. The molecule has 1 aromatic rings. The van der Waals surface area contributed by atoms with Gasteiger partial charge in [-0.25, -0.2) is 0 Å². The van der Waals surface area contributed by atoms with Crippen LogP contribution in [0.25, 0.3) is 0 Å². The van der Waals surface area contributed by atoms with Crippen molar-refractivity contribution < 1.29 is 30.6 Å². The van der Waals surface area contributed by atoms with Gasteiger partial charge in [-0.15, -0.1) is 0 Å². The van der Waals surface area contributed by atoms with Gasteiger partial charge < -0.3 is 30.6 Å². The zero-order valence-corrected chi connectivity index (χ0v) is 14.5. The molecule has 0 bridgehead atoms. The SMILES string of the molecule is C=C(/C=C(CO)\C(O)=C\CO)C(C)(C)c1cc(CO)c(O)c(CO)c1. The third-order valence-electron chi connectivity index (χ3n) is 4.27. The van der Waals surface area contributed by atoms with Gasteiger partial charge in [0.2, 0.25) is 0 Å². The van der Waals surface area contributed by atoms with Crippen LogP contribution in [0.5, 0.6) is 5.75 Å². The summed E-state index contributed by atoms with van der Waals surface area (Å²) in [7, 11) is 0. The summed E-state index contributed by atoms with van der Waals surface area (Å²) in [6.45, 7) is 6.13. The number of aromatic hydroxyl groups is 1. The molecule has 0 aliphatic carbocycles. The molecule has 6 heteroatoms. The molecule has 0 spiro atoms. The summed E-state index contributed by atoms with van der Waals surface area (Å²) >= 11 is 0. The number of hydrogen-bond acceptors (Lipinski definition) is 6. The number of allylic oxidation sites excluding steroid dienone is 2. The van der Waals surface area contributed by atoms with Crippen molar-refractivity contribution in [2.75, 3.05) is 13.2 Å². The molecule has 0 saturated heterocycles. The number of aliphatic hydroxyl groups excluding tert-OH is 5. The normalized spacial score (nSPS) is 13.2. The van der Waals surface area contributed by atoms with Crippen LogP contribution in [0.1, 0.15) is 30.5 Å². The minimum atomic E-state index is -0.679. The van der Waals surface area contributed by atoms with E-state index in [1.165, 1.54) is 6.08 Å². The van der Waals surface area contributed by atoms with Gasteiger partial charge in [-0.3, -0.25) is 0 Å². The lowest BCUT2D eigenvalue weighted by Crippen LogP contribution is -2.20. The average Bonchev–Trinajstić information content (AvgIpc) is 2.59. The maximum Gasteiger partial charge on any atom is 0.126 e. The van der Waals surface area contributed by atoms with Crippen LogP contribution in [0.4, 0.5) is 0 Å². The van der Waals surface area contributed by atoms with Gasteiger partial charge in [-0.2, -0.15) is 0 Å². The van der Waals surface area contributed by atoms with Crippen LogP contribution in [0.2, 0.25) is 0 Å². The standard InChI is InChI=1S/C19H26O6/c1-12(6-13(9-21)17(24)4-5-20)19(2,3)16-7-14(10-22)18(25)15(8-16)11-23/h4,6-8,20-25H,1,5,9-11H2,2-3H3/b13-6-,17-4-. The Labute approximate surface area is 147 Å². The summed E-state index contributed by atoms with van der Waals surface area (Å²) in [4.78, 5) is 0. The molecule has 0 aromatic heterocycles. The van der Waals surface area contributed by atoms with Gasteiger partial charge >= 0.3 is 0 Å². The Bertz CT molecular complexity index is 660. The Morgan fingerprint density at radius 3 is 2.00 bits per heavy atom. The molecule has 0 atom stereocenters. The fraction of sp³-hybridized carbons (Fsp3) is 0.368. The summed E-state index contributed by atoms with van der Waals surface area (Å²) in [6.07, 6.45) is 2.68. The van der Waals surface area contributed by atoms with Crippen molar-refractivity contribution in [3.63, 3.8) is 0 Å². The molecule has 6 N–H and O–H groups in total. The average molecular weight is 350 g/mol. The lowest BCUT2D eigenvalue weighted by molar-refractivity contribution is 0.263. The molecule has 0 aliphatic rings. The van der Waals surface area contributed by atoms with Crippen LogP contribution < -0.4 is 0 Å². The molecule has 138 valence electrons. The highest BCUT2D eigenvalue weighted by Crippen LogP contribution is 2.36. The second-order valence-electron chi connectivity index (χ2n) is 6.21. The quantitative estimate of drug-likeness (QED) is 0.313. The predicted octanol–water partition coefficient (Wildman–Crippen LogP) is 1.56. The van der Waals surface area contributed by atoms with E-state index in [1.54, 1.807) is 12.1 Å². The van der Waals surface area contributed by atoms with E-state index >= 15 is 0 Å². The van der Waals surface area contributed by atoms with Crippen LogP contribution in [0, 0.1) is 0 Å². The van der Waals surface area contributed by atoms with E-state index in [4.69, 9.17) is 5.11 Å². The highest BCUT2D eigenvalue weighted by molar-refractivity contribution is 5.50. The third kappa shape index (κ3) is 4.70. The van der Waals surface area contributed by atoms with Crippen molar-refractivity contribution in [2.24, 2.45) is 0 Å². The van der Waals surface area contributed by atoms with Gasteiger partial charge in [0.15, 0.2) is 0 Å². The van der Waals surface area contributed by atoms with Gasteiger partial charge in [-0.05, 0) is 35.4 Å². The molecule has 0 aliphatic heterocycles. The first-order valence-electron chi connectivity index (χ1n) is 7.81. The summed E-state index contributed by atoms with van der Waals surface area (Å²) < 4.78 is 0. The summed E-state index contributed by atoms with van der Waals surface area (Å²) in [5.74, 6) is -0.384. The van der Waals surface area contributed by atoms with Crippen molar-refractivity contribution in [2.45, 2.75) is 32.5 Å². The highest BCUT2D eigenvalue weighted by Gasteiger charge is 2.26. The highest BCUT2D eigenvalue weighted by atomic mass is 16.3. The first-order valence-corrected chi connectivity index (χ1v) is 7.81. The van der Waals surface area contributed by atoms with E-state index in [1.807, 2.05) is 13.8 Å². The third-order valence-corrected chi connectivity index (χ3v) is 4.27. The second kappa shape index (κ2) is 8.82. The van der Waals surface area contributed by atoms with Gasteiger partial charge in [0, 0.05) is 22.1 Å². The topological polar surface area (TPSA) is 121 Å². The molecule has 0 heterocycles. The Morgan fingerprint density at radius 2 is 1.60 bits per heavy atom. The summed E-state index contributed by atoms with van der Waals surface area (Å²) in [5.41, 5.74) is 1.35. The molecule has 0 saturated carbocycles. The van der Waals surface area contributed by atoms with Crippen molar-refractivity contribution >= 4 is 0 Å². The van der Waals surface area contributed by atoms with E-state index in [9.17, 15) is 25.5 Å². The minimum absolute atomic E-state index is 0.148. The molecular formula is C19H26O6. The van der Waals surface area contributed by atoms with E-state index < -0.39 is 12.0 Å². The van der Waals surface area contributed by atoms with Crippen molar-refractivity contribution in [3.05, 3.63) is 64.5 Å². The summed E-state index contributed by atoms with van der Waals surface area (Å²) in [6, 6.07) is 3.24. The second-order valence-corrected chi connectivity index (χ2v) is 6.21. The van der Waals surface area contributed by atoms with E-state index in [-0.39, 0.29) is 48.0 Å². The number of rotatable bonds is 8. The predicted molar refractivity (Wildman–Crippen MR) is 95.1 cm³/mol. The smallest absolute Gasteiger partial charge is 0.126 e. The van der Waals surface area contributed by atoms with Crippen molar-refractivity contribution in [1.29, 1.82) is 0 Å². The van der Waals surface area contributed by atoms with Crippen molar-refractivity contribution in [1.82, 2.24) is 0 Å². The van der Waals surface area contributed by atoms with Crippen LogP contribution in [-0.2, 0) is 18.6 Å². The molecular weight excluding hydrogens is 324 g/mol. The molecule has 0 radical (unpaired) electrons. The van der Waals surface area contributed by atoms with Crippen LogP contribution in [0.15, 0.2) is 47.8 Å². The molecule has 6 nitrogen and oxygen atoms in total. The minimum Gasteiger partial charge on any atom is -0.508 e. The maximum atomic E-state index is 9.98. The van der Waals surface area contributed by atoms with Gasteiger partial charge in [0.1, 0.15) is 11.5 Å². The largest absolute Gasteiger partial charge is 0.508 e. The fourth-order valence-corrected chi connectivity index (χ4v) is 2.36. The number of benzene rings is 1. The van der Waals surface area contributed by atoms with Crippen LogP contribution >= 0.6 is 0 Å². The molecule has 1 rings (SSSR count). The Morgan fingerprint density at radius 1 is 1.08 bits per heavy atom. The Hall–Kier alpha value is -2.12. The van der Waals surface area contributed by atoms with E-state index in [0.717, 1.165) is 6.08 Å². The van der Waals surface area contributed by atoms with Gasteiger partial charge in [-0.1, -0.05) is 20.4 Å². The Kier molecular flexibility index (Phi) is 7.38. The van der Waals surface area contributed by atoms with E-state index in [2.05, 4.69) is 6.58 Å². The fourth-order valence-electron chi connectivity index (χ4n) is 2.36. The van der Waals surface area contributed by atoms with Crippen molar-refractivity contribution in [3.8, 4) is 5.75 Å². The Balaban J connectivity index is 3.36. The van der Waals surface area contributed by atoms with E-state index in [0.29, 0.717) is 11.1 Å². The van der Waals surface area contributed by atoms with Crippen LogP contribution in [-0.4, -0.2) is 43.9 Å². The lowest BCUT2D eigenvalue weighted by atomic mass is 9.76. The van der Waals surface area contributed by atoms with Crippen LogP contribution in [0.3, 0.4) is 0 Å². The molecule has 25 heavy (non-hydrogen) atoms. The van der Waals surface area contributed by atoms with Gasteiger partial charge in [0.25, 0.3) is 0 Å². The summed E-state index contributed by atoms with van der Waals surface area (Å²) in [5, 5.41) is 56.9. The monoisotopic (exact) mass is 350 g/mol. The molecule has 1 aromatic carbocycles. The zero-order chi connectivity index (χ0) is 19.2. The first kappa shape index (κ1) is 20.9. The lowest BCUT2D eigenvalue weighted by Gasteiger charge is -2.28. The molecule has 0 unspecified atom stereocenters. The molecule has 0 amide bonds. The zero-order valence-electron chi connectivity index (χ0n) is 14.5. The first-order chi connectivity index (χ1) is 11.7. The number of hydrogen-bond donors (Lipinski definition) is 6. The van der Waals surface area contributed by atoms with Gasteiger partial charge in [0.05, 0.1) is 26.4 Å². The number of phenols is 1. The molecule has 0 fully saturated rings.